The first kappa shape index (κ1) is 22.4. The highest BCUT2D eigenvalue weighted by atomic mass is 35.5. The van der Waals surface area contributed by atoms with E-state index in [4.69, 9.17) is 16.2 Å². The third-order valence-corrected chi connectivity index (χ3v) is 5.23. The number of piperidine rings is 1. The van der Waals surface area contributed by atoms with Crippen LogP contribution in [0, 0.1) is 5.92 Å². The van der Waals surface area contributed by atoms with Crippen LogP contribution in [0.15, 0.2) is 4.79 Å². The molecule has 3 rings (SSSR count). The Morgan fingerprint density at radius 3 is 2.68 bits per heavy atom. The van der Waals surface area contributed by atoms with E-state index in [-0.39, 0.29) is 36.0 Å². The van der Waals surface area contributed by atoms with Crippen LogP contribution in [-0.4, -0.2) is 56.7 Å². The monoisotopic (exact) mass is 413 g/mol. The summed E-state index contributed by atoms with van der Waals surface area (Å²) >= 11 is 0. The first-order valence-electron chi connectivity index (χ1n) is 9.86. The lowest BCUT2D eigenvalue weighted by atomic mass is 9.97. The number of nitrogens with one attached hydrogen (secondary N) is 1. The highest BCUT2D eigenvalue weighted by Crippen LogP contribution is 2.23. The molecule has 2 aromatic rings. The van der Waals surface area contributed by atoms with E-state index in [9.17, 15) is 4.79 Å². The number of rotatable bonds is 8. The summed E-state index contributed by atoms with van der Waals surface area (Å²) in [5.41, 5.74) is 12.5. The molecule has 1 saturated heterocycles. The normalized spacial score (nSPS) is 16.8. The molecule has 158 valence electrons. The predicted octanol–water partition coefficient (Wildman–Crippen LogP) is 1.36. The quantitative estimate of drug-likeness (QED) is 0.595. The second-order valence-corrected chi connectivity index (χ2v) is 7.42. The van der Waals surface area contributed by atoms with E-state index in [1.807, 2.05) is 6.92 Å². The lowest BCUT2D eigenvalue weighted by Crippen LogP contribution is -2.38. The Labute approximate surface area is 171 Å². The number of hydrogen-bond acceptors (Lipinski definition) is 7. The van der Waals surface area contributed by atoms with Gasteiger partial charge in [-0.1, -0.05) is 13.3 Å². The predicted molar refractivity (Wildman–Crippen MR) is 113 cm³/mol. The number of likely N-dealkylation sites (tertiary alicyclic amines) is 1. The van der Waals surface area contributed by atoms with Crippen molar-refractivity contribution < 1.29 is 4.74 Å². The van der Waals surface area contributed by atoms with Crippen LogP contribution in [0.3, 0.4) is 0 Å². The Morgan fingerprint density at radius 1 is 1.32 bits per heavy atom. The molecule has 0 bridgehead atoms. The summed E-state index contributed by atoms with van der Waals surface area (Å²) in [7, 11) is 0. The van der Waals surface area contributed by atoms with Gasteiger partial charge in [0.1, 0.15) is 5.52 Å². The van der Waals surface area contributed by atoms with Crippen LogP contribution in [0.25, 0.3) is 11.2 Å². The molecule has 3 heterocycles. The number of fused-ring (bicyclic) bond motifs is 1. The number of nitrogens with zero attached hydrogens (tertiary/aromatic N) is 4. The number of ether oxygens (including phenoxy) is 1. The van der Waals surface area contributed by atoms with E-state index in [2.05, 4.69) is 26.8 Å². The maximum absolute atomic E-state index is 12.5. The minimum absolute atomic E-state index is 0. The van der Waals surface area contributed by atoms with Gasteiger partial charge in [0.15, 0.2) is 11.5 Å². The first-order valence-corrected chi connectivity index (χ1v) is 9.86. The number of nitrogens with two attached hydrogens (primary N) is 2. The molecule has 2 aromatic heterocycles. The Bertz CT molecular complexity index is 814. The number of imidazole rings is 1. The van der Waals surface area contributed by atoms with Crippen LogP contribution in [0.4, 0.5) is 5.82 Å². The van der Waals surface area contributed by atoms with Crippen molar-refractivity contribution in [2.45, 2.75) is 52.2 Å². The number of aromatic amines is 1. The van der Waals surface area contributed by atoms with Gasteiger partial charge < -0.3 is 26.1 Å². The highest BCUT2D eigenvalue weighted by Gasteiger charge is 2.22. The summed E-state index contributed by atoms with van der Waals surface area (Å²) in [5.74, 6) is 0.669. The Morgan fingerprint density at radius 2 is 2.04 bits per heavy atom. The second-order valence-electron chi connectivity index (χ2n) is 7.42. The summed E-state index contributed by atoms with van der Waals surface area (Å²) in [5, 5.41) is 0. The summed E-state index contributed by atoms with van der Waals surface area (Å²) in [4.78, 5) is 26.3. The van der Waals surface area contributed by atoms with Gasteiger partial charge in [0.25, 0.3) is 0 Å². The van der Waals surface area contributed by atoms with Gasteiger partial charge >= 0.3 is 11.7 Å². The van der Waals surface area contributed by atoms with Crippen molar-refractivity contribution in [3.05, 3.63) is 10.5 Å². The topological polar surface area (TPSA) is 128 Å². The summed E-state index contributed by atoms with van der Waals surface area (Å²) in [6.45, 7) is 8.34. The molecule has 28 heavy (non-hydrogen) atoms. The summed E-state index contributed by atoms with van der Waals surface area (Å²) < 4.78 is 7.46. The molecular formula is C18H32ClN7O2. The van der Waals surface area contributed by atoms with Crippen molar-refractivity contribution in [2.24, 2.45) is 11.7 Å². The average Bonchev–Trinajstić information content (AvgIpc) is 2.94. The maximum Gasteiger partial charge on any atom is 0.327 e. The number of hydrogen-bond donors (Lipinski definition) is 3. The van der Waals surface area contributed by atoms with E-state index in [1.54, 1.807) is 4.57 Å². The van der Waals surface area contributed by atoms with Gasteiger partial charge in [0, 0.05) is 19.6 Å². The molecule has 0 aliphatic carbocycles. The number of H-pyrrole nitrogens is 1. The van der Waals surface area contributed by atoms with Crippen LogP contribution in [-0.2, 0) is 6.54 Å². The molecule has 0 radical (unpaired) electrons. The van der Waals surface area contributed by atoms with Crippen molar-refractivity contribution >= 4 is 29.4 Å². The second kappa shape index (κ2) is 10.1. The van der Waals surface area contributed by atoms with Gasteiger partial charge in [-0.25, -0.2) is 4.79 Å². The van der Waals surface area contributed by atoms with Crippen molar-refractivity contribution in [3.63, 3.8) is 0 Å². The molecule has 0 saturated carbocycles. The highest BCUT2D eigenvalue weighted by molar-refractivity contribution is 5.85. The van der Waals surface area contributed by atoms with Gasteiger partial charge in [-0.05, 0) is 45.2 Å². The molecule has 0 amide bonds. The van der Waals surface area contributed by atoms with E-state index in [0.29, 0.717) is 30.2 Å². The first-order chi connectivity index (χ1) is 13.0. The minimum Gasteiger partial charge on any atom is -0.460 e. The van der Waals surface area contributed by atoms with Crippen LogP contribution in [0.5, 0.6) is 6.01 Å². The van der Waals surface area contributed by atoms with E-state index < -0.39 is 0 Å². The van der Waals surface area contributed by atoms with Crippen LogP contribution < -0.4 is 21.9 Å². The van der Waals surface area contributed by atoms with Crippen molar-refractivity contribution in [1.82, 2.24) is 24.4 Å². The zero-order valence-electron chi connectivity index (χ0n) is 16.7. The molecule has 1 fully saturated rings. The molecule has 9 nitrogen and oxygen atoms in total. The number of aromatic nitrogens is 4. The number of anilines is 1. The Kier molecular flexibility index (Phi) is 8.09. The fraction of sp³-hybridized carbons (Fsp3) is 0.722. The van der Waals surface area contributed by atoms with Gasteiger partial charge in [-0.2, -0.15) is 9.97 Å². The van der Waals surface area contributed by atoms with Crippen LogP contribution in [0.2, 0.25) is 0 Å². The smallest absolute Gasteiger partial charge is 0.327 e. The zero-order chi connectivity index (χ0) is 19.4. The van der Waals surface area contributed by atoms with E-state index >= 15 is 0 Å². The SMILES string of the molecule is CCC[C@H](C)Oc1nc(N)c2[nH]c(=O)n(CC3CCN(CCN)CC3)c2n1.Cl. The van der Waals surface area contributed by atoms with Crippen molar-refractivity contribution in [2.75, 3.05) is 31.9 Å². The molecule has 0 unspecified atom stereocenters. The lowest BCUT2D eigenvalue weighted by Gasteiger charge is -2.31. The average molecular weight is 414 g/mol. The molecule has 1 aliphatic heterocycles. The molecule has 0 spiro atoms. The Hall–Kier alpha value is -1.84. The zero-order valence-corrected chi connectivity index (χ0v) is 17.5. The van der Waals surface area contributed by atoms with Gasteiger partial charge in [0.2, 0.25) is 0 Å². The molecule has 1 aliphatic rings. The minimum atomic E-state index is -0.200. The standard InChI is InChI=1S/C18H31N7O2.ClH/c1-3-4-12(2)27-17-22-15(20)14-16(23-17)25(18(26)21-14)11-13-5-8-24(9-6-13)10-7-19;/h12-13H,3-11,19H2,1-2H3,(H,21,26)(H2,20,22,23);1H/t12-;/m0./s1. The number of nitrogen functional groups attached to an aromatic ring is 1. The largest absolute Gasteiger partial charge is 0.460 e. The molecule has 0 aromatic carbocycles. The Balaban J connectivity index is 0.00000280. The molecular weight excluding hydrogens is 382 g/mol. The van der Waals surface area contributed by atoms with Gasteiger partial charge in [-0.15, -0.1) is 12.4 Å². The van der Waals surface area contributed by atoms with Crippen LogP contribution >= 0.6 is 12.4 Å². The fourth-order valence-corrected chi connectivity index (χ4v) is 3.73. The van der Waals surface area contributed by atoms with Gasteiger partial charge in [-0.3, -0.25) is 4.57 Å². The molecule has 5 N–H and O–H groups in total. The summed E-state index contributed by atoms with van der Waals surface area (Å²) in [6.07, 6.45) is 3.99. The van der Waals surface area contributed by atoms with Crippen LogP contribution in [0.1, 0.15) is 39.5 Å². The maximum atomic E-state index is 12.5. The van der Waals surface area contributed by atoms with Crippen molar-refractivity contribution in [1.29, 1.82) is 0 Å². The lowest BCUT2D eigenvalue weighted by molar-refractivity contribution is 0.177. The van der Waals surface area contributed by atoms with E-state index in [0.717, 1.165) is 45.3 Å². The van der Waals surface area contributed by atoms with Crippen molar-refractivity contribution in [3.8, 4) is 6.01 Å². The number of halogens is 1. The van der Waals surface area contributed by atoms with Gasteiger partial charge in [0.05, 0.1) is 6.10 Å². The third kappa shape index (κ3) is 5.15. The molecule has 10 heteroatoms. The third-order valence-electron chi connectivity index (χ3n) is 5.23. The summed E-state index contributed by atoms with van der Waals surface area (Å²) in [6, 6.07) is 0.228. The molecule has 1 atom stereocenters. The fourth-order valence-electron chi connectivity index (χ4n) is 3.73. The van der Waals surface area contributed by atoms with E-state index in [1.165, 1.54) is 0 Å².